The van der Waals surface area contributed by atoms with E-state index < -0.39 is 18.1 Å². The van der Waals surface area contributed by atoms with Gasteiger partial charge in [0.1, 0.15) is 0 Å². The van der Waals surface area contributed by atoms with Gasteiger partial charge < -0.3 is 14.9 Å². The summed E-state index contributed by atoms with van der Waals surface area (Å²) < 4.78 is 36.4. The molecule has 1 aliphatic heterocycles. The van der Waals surface area contributed by atoms with Crippen molar-refractivity contribution in [1.82, 2.24) is 0 Å². The molecule has 16 heavy (non-hydrogen) atoms. The van der Waals surface area contributed by atoms with Gasteiger partial charge in [0.25, 0.3) is 0 Å². The summed E-state index contributed by atoms with van der Waals surface area (Å²) >= 11 is 0. The third-order valence-corrected chi connectivity index (χ3v) is 1.18. The lowest BCUT2D eigenvalue weighted by molar-refractivity contribution is -0.192. The number of hydrogen-bond donors (Lipinski definition) is 2. The first-order valence-corrected chi connectivity index (χ1v) is 3.80. The van der Waals surface area contributed by atoms with E-state index in [1.165, 1.54) is 12.3 Å². The Labute approximate surface area is 87.4 Å². The van der Waals surface area contributed by atoms with Gasteiger partial charge in [-0.3, -0.25) is 0 Å². The zero-order chi connectivity index (χ0) is 12.8. The minimum atomic E-state index is -5.08. The summed E-state index contributed by atoms with van der Waals surface area (Å²) in [5.41, 5.74) is 0. The van der Waals surface area contributed by atoms with E-state index in [1.54, 1.807) is 6.08 Å². The Morgan fingerprint density at radius 2 is 1.81 bits per heavy atom. The van der Waals surface area contributed by atoms with Crippen molar-refractivity contribution in [2.24, 2.45) is 0 Å². The quantitative estimate of drug-likeness (QED) is 0.725. The lowest BCUT2D eigenvalue weighted by Gasteiger charge is -2.02. The van der Waals surface area contributed by atoms with E-state index in [9.17, 15) is 18.0 Å². The van der Waals surface area contributed by atoms with Crippen LogP contribution in [0.3, 0.4) is 0 Å². The molecule has 0 fully saturated rings. The summed E-state index contributed by atoms with van der Waals surface area (Å²) in [6.07, 6.45) is 0.194. The number of hydrogen-bond acceptors (Lipinski definition) is 3. The Morgan fingerprint density at radius 1 is 1.31 bits per heavy atom. The summed E-state index contributed by atoms with van der Waals surface area (Å²) in [6.45, 7) is 0. The molecule has 1 heterocycles. The fraction of sp³-hybridized carbons (Fsp3) is 0.250. The number of carboxylic acids is 2. The Morgan fingerprint density at radius 3 is 2.00 bits per heavy atom. The highest BCUT2D eigenvalue weighted by Crippen LogP contribution is 2.13. The van der Waals surface area contributed by atoms with E-state index in [0.717, 1.165) is 0 Å². The molecule has 0 aromatic rings. The van der Waals surface area contributed by atoms with E-state index in [0.29, 0.717) is 6.42 Å². The molecule has 0 radical (unpaired) electrons. The van der Waals surface area contributed by atoms with Gasteiger partial charge in [-0.15, -0.1) is 0 Å². The maximum Gasteiger partial charge on any atom is 0.490 e. The van der Waals surface area contributed by atoms with Crippen LogP contribution in [0.2, 0.25) is 0 Å². The molecular formula is C8H7F3O5. The van der Waals surface area contributed by atoms with Crippen molar-refractivity contribution >= 4 is 11.9 Å². The van der Waals surface area contributed by atoms with Gasteiger partial charge in [0, 0.05) is 0 Å². The number of carbonyl (C=O) groups is 2. The largest absolute Gasteiger partial charge is 0.490 e. The first kappa shape index (κ1) is 14.0. The molecule has 0 saturated heterocycles. The van der Waals surface area contributed by atoms with Crippen molar-refractivity contribution in [3.8, 4) is 0 Å². The van der Waals surface area contributed by atoms with Crippen molar-refractivity contribution in [1.29, 1.82) is 0 Å². The van der Waals surface area contributed by atoms with Gasteiger partial charge in [0.05, 0.1) is 6.26 Å². The van der Waals surface area contributed by atoms with E-state index in [1.807, 2.05) is 0 Å². The van der Waals surface area contributed by atoms with Crippen molar-refractivity contribution in [2.75, 3.05) is 0 Å². The van der Waals surface area contributed by atoms with E-state index in [2.05, 4.69) is 4.74 Å². The molecule has 1 rings (SSSR count). The topological polar surface area (TPSA) is 83.8 Å². The summed E-state index contributed by atoms with van der Waals surface area (Å²) in [5.74, 6) is -3.76. The summed E-state index contributed by atoms with van der Waals surface area (Å²) in [5, 5.41) is 15.4. The minimum Gasteiger partial charge on any atom is -0.475 e. The molecule has 90 valence electrons. The monoisotopic (exact) mass is 240 g/mol. The van der Waals surface area contributed by atoms with Crippen LogP contribution in [0.1, 0.15) is 6.42 Å². The molecule has 0 saturated carbocycles. The summed E-state index contributed by atoms with van der Waals surface area (Å²) in [7, 11) is 0. The van der Waals surface area contributed by atoms with E-state index >= 15 is 0 Å². The van der Waals surface area contributed by atoms with Crippen LogP contribution >= 0.6 is 0 Å². The standard InChI is InChI=1S/C6H6O3.C2HF3O2/c7-6(8)5-3-1-2-4-9-5;3-2(4,5)1(6)7/h2-4H,1H2,(H,7,8);(H,6,7). The minimum absolute atomic E-state index is 0.0116. The molecule has 0 bridgehead atoms. The van der Waals surface area contributed by atoms with Gasteiger partial charge in [-0.2, -0.15) is 13.2 Å². The van der Waals surface area contributed by atoms with Crippen LogP contribution in [-0.4, -0.2) is 28.3 Å². The van der Waals surface area contributed by atoms with Gasteiger partial charge in [-0.25, -0.2) is 9.59 Å². The van der Waals surface area contributed by atoms with Crippen LogP contribution in [0, 0.1) is 0 Å². The van der Waals surface area contributed by atoms with Crippen LogP contribution in [0.15, 0.2) is 24.2 Å². The highest BCUT2D eigenvalue weighted by molar-refractivity contribution is 5.84. The van der Waals surface area contributed by atoms with E-state index in [4.69, 9.17) is 15.0 Å². The van der Waals surface area contributed by atoms with Gasteiger partial charge in [0.2, 0.25) is 5.76 Å². The Hall–Kier alpha value is -1.99. The van der Waals surface area contributed by atoms with Crippen molar-refractivity contribution < 1.29 is 37.7 Å². The number of rotatable bonds is 1. The Bertz CT molecular complexity index is 329. The molecule has 0 amide bonds. The van der Waals surface area contributed by atoms with Crippen LogP contribution in [0.4, 0.5) is 13.2 Å². The number of ether oxygens (including phenoxy) is 1. The first-order chi connectivity index (χ1) is 7.25. The fourth-order valence-corrected chi connectivity index (χ4v) is 0.538. The number of carboxylic acid groups (broad SMARTS) is 2. The number of halogens is 3. The van der Waals surface area contributed by atoms with Crippen LogP contribution in [0.25, 0.3) is 0 Å². The highest BCUT2D eigenvalue weighted by atomic mass is 19.4. The lowest BCUT2D eigenvalue weighted by Crippen LogP contribution is -2.21. The SMILES string of the molecule is O=C(O)C(F)(F)F.O=C(O)C1=CCC=CO1. The maximum absolute atomic E-state index is 10.6. The van der Waals surface area contributed by atoms with Crippen molar-refractivity contribution in [3.05, 3.63) is 24.2 Å². The molecule has 0 aromatic carbocycles. The summed E-state index contributed by atoms with van der Waals surface area (Å²) in [6, 6.07) is 0. The van der Waals surface area contributed by atoms with Crippen LogP contribution in [-0.2, 0) is 14.3 Å². The molecular weight excluding hydrogens is 233 g/mol. The predicted octanol–water partition coefficient (Wildman–Crippen LogP) is 1.52. The van der Waals surface area contributed by atoms with Crippen LogP contribution < -0.4 is 0 Å². The molecule has 1 aliphatic rings. The van der Waals surface area contributed by atoms with Crippen molar-refractivity contribution in [3.63, 3.8) is 0 Å². The molecule has 8 heteroatoms. The summed E-state index contributed by atoms with van der Waals surface area (Å²) in [4.78, 5) is 19.0. The zero-order valence-electron chi connectivity index (χ0n) is 7.69. The molecule has 0 aromatic heterocycles. The van der Waals surface area contributed by atoms with Crippen molar-refractivity contribution in [2.45, 2.75) is 12.6 Å². The predicted molar refractivity (Wildman–Crippen MR) is 44.3 cm³/mol. The smallest absolute Gasteiger partial charge is 0.475 e. The maximum atomic E-state index is 10.6. The van der Waals surface area contributed by atoms with Crippen LogP contribution in [0.5, 0.6) is 0 Å². The Kier molecular flexibility index (Phi) is 5.07. The molecule has 0 unspecified atom stereocenters. The second kappa shape index (κ2) is 5.79. The third-order valence-electron chi connectivity index (χ3n) is 1.18. The molecule has 5 nitrogen and oxygen atoms in total. The number of allylic oxidation sites excluding steroid dienone is 2. The average molecular weight is 240 g/mol. The molecule has 0 aliphatic carbocycles. The Balaban J connectivity index is 0.000000293. The second-order valence-electron chi connectivity index (χ2n) is 2.40. The first-order valence-electron chi connectivity index (χ1n) is 3.80. The van der Waals surface area contributed by atoms with Gasteiger partial charge in [-0.1, -0.05) is 0 Å². The highest BCUT2D eigenvalue weighted by Gasteiger charge is 2.38. The fourth-order valence-electron chi connectivity index (χ4n) is 0.538. The molecule has 0 atom stereocenters. The zero-order valence-corrected chi connectivity index (χ0v) is 7.69. The number of alkyl halides is 3. The molecule has 0 spiro atoms. The second-order valence-corrected chi connectivity index (χ2v) is 2.40. The van der Waals surface area contributed by atoms with Gasteiger partial charge in [0.15, 0.2) is 0 Å². The number of aliphatic carboxylic acids is 2. The van der Waals surface area contributed by atoms with E-state index in [-0.39, 0.29) is 5.76 Å². The lowest BCUT2D eigenvalue weighted by atomic mass is 10.3. The molecule has 2 N–H and O–H groups in total. The third kappa shape index (κ3) is 5.68. The van der Waals surface area contributed by atoms with Gasteiger partial charge in [-0.05, 0) is 18.6 Å². The average Bonchev–Trinajstić information content (AvgIpc) is 2.18. The normalized spacial score (nSPS) is 14.1. The van der Waals surface area contributed by atoms with Gasteiger partial charge >= 0.3 is 18.1 Å².